The van der Waals surface area contributed by atoms with Crippen LogP contribution in [0.15, 0.2) is 63.5 Å². The number of aromatic hydroxyl groups is 1. The van der Waals surface area contributed by atoms with E-state index in [1.165, 1.54) is 24.5 Å². The van der Waals surface area contributed by atoms with E-state index in [1.807, 2.05) is 43.3 Å². The highest BCUT2D eigenvalue weighted by Crippen LogP contribution is 2.32. The number of ether oxygens (including phenoxy) is 2. The molecule has 1 atom stereocenters. The molecule has 8 nitrogen and oxygen atoms in total. The molecular formula is C26H27N3O5S. The number of rotatable bonds is 6. The maximum atomic E-state index is 13.6. The average Bonchev–Trinajstić information content (AvgIpc) is 3.13. The average molecular weight is 494 g/mol. The summed E-state index contributed by atoms with van der Waals surface area (Å²) in [5.74, 6) is -0.166. The van der Waals surface area contributed by atoms with Gasteiger partial charge in [-0.2, -0.15) is 0 Å². The number of carbonyl (C=O) groups is 1. The fourth-order valence-electron chi connectivity index (χ4n) is 4.00. The molecule has 1 aromatic heterocycles. The van der Waals surface area contributed by atoms with Crippen LogP contribution in [-0.4, -0.2) is 43.5 Å². The molecule has 0 aliphatic carbocycles. The number of phenolic OH excluding ortho intramolecular Hbond substituents is 1. The molecule has 0 bridgehead atoms. The molecule has 0 amide bonds. The van der Waals surface area contributed by atoms with Gasteiger partial charge in [-0.1, -0.05) is 29.5 Å². The minimum Gasteiger partial charge on any atom is -0.504 e. The predicted molar refractivity (Wildman–Crippen MR) is 136 cm³/mol. The first-order chi connectivity index (χ1) is 16.7. The number of nitrogens with zero attached hydrogens (tertiary/aromatic N) is 3. The quantitative estimate of drug-likeness (QED) is 0.531. The lowest BCUT2D eigenvalue weighted by molar-refractivity contribution is -0.139. The van der Waals surface area contributed by atoms with Gasteiger partial charge in [0.25, 0.3) is 5.56 Å². The molecule has 35 heavy (non-hydrogen) atoms. The van der Waals surface area contributed by atoms with Crippen LogP contribution in [0, 0.1) is 0 Å². The number of benzene rings is 2. The SMILES string of the molecule is CCOC(=O)C1=C(C)N=c2s/c(=C\c3ccc(O)c(OC)c3)c(=O)n2[C@@H]1c1ccc(N(C)C)cc1. The van der Waals surface area contributed by atoms with E-state index < -0.39 is 12.0 Å². The third-order valence-electron chi connectivity index (χ3n) is 5.74. The molecule has 1 aliphatic heterocycles. The highest BCUT2D eigenvalue weighted by atomic mass is 32.1. The number of carbonyl (C=O) groups excluding carboxylic acids is 1. The number of phenols is 1. The summed E-state index contributed by atoms with van der Waals surface area (Å²) >= 11 is 1.24. The normalized spacial score (nSPS) is 15.5. The molecule has 3 aromatic rings. The summed E-state index contributed by atoms with van der Waals surface area (Å²) in [6, 6.07) is 11.9. The van der Waals surface area contributed by atoms with Crippen molar-refractivity contribution >= 4 is 29.1 Å². The van der Waals surface area contributed by atoms with Gasteiger partial charge in [0.1, 0.15) is 0 Å². The highest BCUT2D eigenvalue weighted by molar-refractivity contribution is 7.07. The Labute approximate surface area is 206 Å². The Bertz CT molecular complexity index is 1480. The zero-order valence-corrected chi connectivity index (χ0v) is 21.0. The van der Waals surface area contributed by atoms with E-state index in [9.17, 15) is 14.7 Å². The zero-order valence-electron chi connectivity index (χ0n) is 20.2. The van der Waals surface area contributed by atoms with Crippen molar-refractivity contribution in [3.63, 3.8) is 0 Å². The first-order valence-electron chi connectivity index (χ1n) is 11.1. The van der Waals surface area contributed by atoms with Crippen LogP contribution in [0.2, 0.25) is 0 Å². The Hall–Kier alpha value is -3.85. The topological polar surface area (TPSA) is 93.4 Å². The van der Waals surface area contributed by atoms with Crippen molar-refractivity contribution < 1.29 is 19.4 Å². The van der Waals surface area contributed by atoms with Crippen LogP contribution in [0.4, 0.5) is 5.69 Å². The van der Waals surface area contributed by atoms with Crippen molar-refractivity contribution in [1.82, 2.24) is 4.57 Å². The smallest absolute Gasteiger partial charge is 0.338 e. The third-order valence-corrected chi connectivity index (χ3v) is 6.73. The number of fused-ring (bicyclic) bond motifs is 1. The van der Waals surface area contributed by atoms with Gasteiger partial charge < -0.3 is 19.5 Å². The van der Waals surface area contributed by atoms with Crippen LogP contribution in [0.25, 0.3) is 6.08 Å². The minimum atomic E-state index is -0.669. The van der Waals surface area contributed by atoms with Gasteiger partial charge in [-0.15, -0.1) is 0 Å². The molecule has 4 rings (SSSR count). The number of hydrogen-bond acceptors (Lipinski definition) is 8. The Balaban J connectivity index is 1.92. The van der Waals surface area contributed by atoms with E-state index in [-0.39, 0.29) is 17.9 Å². The zero-order chi connectivity index (χ0) is 25.3. The number of esters is 1. The van der Waals surface area contributed by atoms with E-state index in [1.54, 1.807) is 36.6 Å². The van der Waals surface area contributed by atoms with Crippen molar-refractivity contribution in [3.8, 4) is 11.5 Å². The molecule has 0 saturated carbocycles. The van der Waals surface area contributed by atoms with Gasteiger partial charge in [0, 0.05) is 19.8 Å². The molecular weight excluding hydrogens is 466 g/mol. The molecule has 2 aromatic carbocycles. The van der Waals surface area contributed by atoms with E-state index >= 15 is 0 Å². The van der Waals surface area contributed by atoms with Crippen molar-refractivity contribution in [2.45, 2.75) is 19.9 Å². The van der Waals surface area contributed by atoms with Gasteiger partial charge in [0.2, 0.25) is 0 Å². The van der Waals surface area contributed by atoms with Crippen LogP contribution in [0.3, 0.4) is 0 Å². The minimum absolute atomic E-state index is 0.0157. The van der Waals surface area contributed by atoms with Gasteiger partial charge in [0.15, 0.2) is 16.3 Å². The van der Waals surface area contributed by atoms with Crippen molar-refractivity contribution in [3.05, 3.63) is 84.5 Å². The summed E-state index contributed by atoms with van der Waals surface area (Å²) < 4.78 is 12.5. The lowest BCUT2D eigenvalue weighted by Crippen LogP contribution is -2.39. The standard InChI is InChI=1S/C26H27N3O5S/c1-6-34-25(32)22-15(2)27-26-29(23(22)17-8-10-18(11-9-17)28(3)4)24(31)21(35-26)14-16-7-12-19(30)20(13-16)33-5/h7-14,23,30H,6H2,1-5H3/b21-14-/t23-/m1/s1. The van der Waals surface area contributed by atoms with Crippen molar-refractivity contribution in [1.29, 1.82) is 0 Å². The highest BCUT2D eigenvalue weighted by Gasteiger charge is 2.33. The van der Waals surface area contributed by atoms with Gasteiger partial charge in [-0.05, 0) is 55.3 Å². The second-order valence-electron chi connectivity index (χ2n) is 8.22. The Morgan fingerprint density at radius 2 is 1.94 bits per heavy atom. The van der Waals surface area contributed by atoms with Gasteiger partial charge in [-0.25, -0.2) is 9.79 Å². The van der Waals surface area contributed by atoms with Crippen LogP contribution in [0.5, 0.6) is 11.5 Å². The molecule has 2 heterocycles. The Kier molecular flexibility index (Phi) is 6.79. The lowest BCUT2D eigenvalue weighted by Gasteiger charge is -2.25. The van der Waals surface area contributed by atoms with Crippen LogP contribution < -0.4 is 24.5 Å². The van der Waals surface area contributed by atoms with E-state index in [0.717, 1.165) is 11.3 Å². The summed E-state index contributed by atoms with van der Waals surface area (Å²) in [6.45, 7) is 3.72. The molecule has 182 valence electrons. The van der Waals surface area contributed by atoms with Gasteiger partial charge >= 0.3 is 5.97 Å². The third kappa shape index (κ3) is 4.59. The van der Waals surface area contributed by atoms with E-state index in [0.29, 0.717) is 31.9 Å². The fourth-order valence-corrected chi connectivity index (χ4v) is 5.04. The maximum Gasteiger partial charge on any atom is 0.338 e. The summed E-state index contributed by atoms with van der Waals surface area (Å²) in [5.41, 5.74) is 3.07. The van der Waals surface area contributed by atoms with Gasteiger partial charge in [-0.3, -0.25) is 9.36 Å². The van der Waals surface area contributed by atoms with E-state index in [2.05, 4.69) is 4.99 Å². The summed E-state index contributed by atoms with van der Waals surface area (Å²) in [7, 11) is 5.36. The summed E-state index contributed by atoms with van der Waals surface area (Å²) in [6.07, 6.45) is 1.72. The van der Waals surface area contributed by atoms with Crippen LogP contribution in [0.1, 0.15) is 31.0 Å². The number of hydrogen-bond donors (Lipinski definition) is 1. The molecule has 1 aliphatic rings. The predicted octanol–water partition coefficient (Wildman–Crippen LogP) is 2.58. The first kappa shape index (κ1) is 24.3. The Morgan fingerprint density at radius 1 is 1.23 bits per heavy atom. The molecule has 9 heteroatoms. The number of thiazole rings is 1. The molecule has 0 fully saturated rings. The van der Waals surface area contributed by atoms with Crippen LogP contribution >= 0.6 is 11.3 Å². The molecule has 0 spiro atoms. The molecule has 0 saturated heterocycles. The van der Waals surface area contributed by atoms with Crippen molar-refractivity contribution in [2.75, 3.05) is 32.7 Å². The maximum absolute atomic E-state index is 13.6. The molecule has 1 N–H and O–H groups in total. The van der Waals surface area contributed by atoms with Crippen LogP contribution in [-0.2, 0) is 9.53 Å². The monoisotopic (exact) mass is 493 g/mol. The summed E-state index contributed by atoms with van der Waals surface area (Å²) in [4.78, 5) is 33.7. The largest absolute Gasteiger partial charge is 0.504 e. The van der Waals surface area contributed by atoms with Gasteiger partial charge in [0.05, 0.1) is 35.6 Å². The second-order valence-corrected chi connectivity index (χ2v) is 9.23. The molecule has 0 radical (unpaired) electrons. The summed E-state index contributed by atoms with van der Waals surface area (Å²) in [5, 5.41) is 9.89. The number of anilines is 1. The fraction of sp³-hybridized carbons (Fsp3) is 0.269. The molecule has 0 unspecified atom stereocenters. The number of aromatic nitrogens is 1. The lowest BCUT2D eigenvalue weighted by atomic mass is 9.95. The van der Waals surface area contributed by atoms with Crippen molar-refractivity contribution in [2.24, 2.45) is 4.99 Å². The second kappa shape index (κ2) is 9.79. The first-order valence-corrected chi connectivity index (χ1v) is 11.9. The number of methoxy groups -OCH3 is 1. The van der Waals surface area contributed by atoms with E-state index in [4.69, 9.17) is 9.47 Å². The Morgan fingerprint density at radius 3 is 2.57 bits per heavy atom. The number of allylic oxidation sites excluding steroid dienone is 1.